The van der Waals surface area contributed by atoms with Crippen molar-refractivity contribution in [3.63, 3.8) is 0 Å². The number of fused-ring (bicyclic) bond motifs is 3. The van der Waals surface area contributed by atoms with Crippen molar-refractivity contribution < 1.29 is 14.5 Å². The molecule has 0 fully saturated rings. The van der Waals surface area contributed by atoms with Crippen LogP contribution in [0.15, 0.2) is 72.8 Å². The maximum Gasteiger partial charge on any atom is 0.314 e. The van der Waals surface area contributed by atoms with Gasteiger partial charge < -0.3 is 4.74 Å². The molecule has 3 aromatic carbocycles. The predicted octanol–water partition coefficient (Wildman–Crippen LogP) is 4.50. The molecule has 27 heavy (non-hydrogen) atoms. The minimum Gasteiger partial charge on any atom is -0.464 e. The molecule has 5 nitrogen and oxygen atoms in total. The van der Waals surface area contributed by atoms with Crippen molar-refractivity contribution in [3.05, 3.63) is 106 Å². The summed E-state index contributed by atoms with van der Waals surface area (Å²) >= 11 is 0. The van der Waals surface area contributed by atoms with Crippen LogP contribution < -0.4 is 0 Å². The normalized spacial score (nSPS) is 12.3. The zero-order valence-corrected chi connectivity index (χ0v) is 14.4. The Bertz CT molecular complexity index is 983. The fraction of sp³-hybridized carbons (Fsp3) is 0.0909. The number of benzene rings is 3. The van der Waals surface area contributed by atoms with Crippen molar-refractivity contribution in [1.82, 2.24) is 0 Å². The van der Waals surface area contributed by atoms with Crippen molar-refractivity contribution in [3.8, 4) is 11.1 Å². The van der Waals surface area contributed by atoms with Crippen LogP contribution in [0.25, 0.3) is 11.1 Å². The van der Waals surface area contributed by atoms with Gasteiger partial charge in [0.2, 0.25) is 0 Å². The number of carbonyl (C=O) groups is 1. The number of hydrogen-bond acceptors (Lipinski definition) is 4. The average molecular weight is 358 g/mol. The summed E-state index contributed by atoms with van der Waals surface area (Å²) in [4.78, 5) is 22.8. The highest BCUT2D eigenvalue weighted by atomic mass is 16.6. The highest BCUT2D eigenvalue weighted by Gasteiger charge is 2.29. The Labute approximate surface area is 156 Å². The number of para-hydroxylation sites is 1. The van der Waals surface area contributed by atoms with E-state index in [1.54, 1.807) is 12.1 Å². The molecule has 133 valence electrons. The third-order valence-corrected chi connectivity index (χ3v) is 4.76. The quantitative estimate of drug-likeness (QED) is 0.382. The van der Waals surface area contributed by atoms with Crippen LogP contribution in [0.1, 0.15) is 22.6 Å². The number of carbonyl (C=O) groups excluding carboxylic acids is 1. The first-order valence-corrected chi connectivity index (χ1v) is 8.58. The van der Waals surface area contributed by atoms with Crippen molar-refractivity contribution in [2.45, 2.75) is 5.92 Å². The highest BCUT2D eigenvalue weighted by molar-refractivity contribution is 5.85. The molecule has 1 aliphatic rings. The van der Waals surface area contributed by atoms with E-state index in [2.05, 4.69) is 12.1 Å². The van der Waals surface area contributed by atoms with Gasteiger partial charge in [-0.05, 0) is 22.3 Å². The van der Waals surface area contributed by atoms with Gasteiger partial charge in [-0.1, -0.05) is 66.7 Å². The lowest BCUT2D eigenvalue weighted by Crippen LogP contribution is -2.13. The Morgan fingerprint density at radius 1 is 0.926 bits per heavy atom. The number of hydrogen-bond donors (Lipinski definition) is 0. The summed E-state index contributed by atoms with van der Waals surface area (Å²) in [7, 11) is 0. The van der Waals surface area contributed by atoms with Crippen molar-refractivity contribution in [2.24, 2.45) is 0 Å². The first-order chi connectivity index (χ1) is 13.1. The fourth-order valence-corrected chi connectivity index (χ4v) is 3.55. The van der Waals surface area contributed by atoms with Crippen LogP contribution in [0.3, 0.4) is 0 Å². The minimum atomic E-state index is -0.592. The van der Waals surface area contributed by atoms with Gasteiger partial charge >= 0.3 is 5.97 Å². The van der Waals surface area contributed by atoms with Crippen molar-refractivity contribution in [2.75, 3.05) is 6.61 Å². The van der Waals surface area contributed by atoms with Crippen molar-refractivity contribution in [1.29, 1.82) is 0 Å². The van der Waals surface area contributed by atoms with Gasteiger partial charge in [0.15, 0.2) is 0 Å². The van der Waals surface area contributed by atoms with E-state index in [-0.39, 0.29) is 23.8 Å². The molecule has 0 saturated heterocycles. The fourth-order valence-electron chi connectivity index (χ4n) is 3.55. The minimum absolute atomic E-state index is 0.0412. The summed E-state index contributed by atoms with van der Waals surface area (Å²) < 4.78 is 5.46. The largest absolute Gasteiger partial charge is 0.464 e. The third-order valence-electron chi connectivity index (χ3n) is 4.76. The van der Waals surface area contributed by atoms with Crippen LogP contribution >= 0.6 is 0 Å². The van der Waals surface area contributed by atoms with E-state index in [0.29, 0.717) is 0 Å². The third kappa shape index (κ3) is 3.19. The number of nitro groups is 1. The van der Waals surface area contributed by atoms with Gasteiger partial charge in [0.25, 0.3) is 5.69 Å². The molecular weight excluding hydrogens is 342 g/mol. The topological polar surface area (TPSA) is 69.4 Å². The van der Waals surface area contributed by atoms with E-state index < -0.39 is 10.9 Å². The molecule has 4 rings (SSSR count). The predicted molar refractivity (Wildman–Crippen MR) is 101 cm³/mol. The van der Waals surface area contributed by atoms with E-state index in [0.717, 1.165) is 22.3 Å². The van der Waals surface area contributed by atoms with Gasteiger partial charge in [-0.2, -0.15) is 0 Å². The van der Waals surface area contributed by atoms with E-state index in [9.17, 15) is 14.9 Å². The SMILES string of the molecule is O=C([CH]c1ccccc1[N+](=O)[O-])OCC1c2ccccc2-c2ccccc21. The number of ether oxygens (including phenoxy) is 1. The summed E-state index contributed by atoms with van der Waals surface area (Å²) in [5, 5.41) is 11.1. The number of rotatable bonds is 5. The van der Waals surface area contributed by atoms with Crippen LogP contribution in [0, 0.1) is 16.5 Å². The molecule has 0 spiro atoms. The number of nitro benzene ring substituents is 1. The summed E-state index contributed by atoms with van der Waals surface area (Å²) in [6.07, 6.45) is 1.17. The van der Waals surface area contributed by atoms with Gasteiger partial charge in [-0.15, -0.1) is 0 Å². The van der Waals surface area contributed by atoms with Crippen LogP contribution in [0.2, 0.25) is 0 Å². The maximum atomic E-state index is 12.3. The average Bonchev–Trinajstić information content (AvgIpc) is 3.00. The van der Waals surface area contributed by atoms with E-state index >= 15 is 0 Å². The highest BCUT2D eigenvalue weighted by Crippen LogP contribution is 2.44. The van der Waals surface area contributed by atoms with Crippen molar-refractivity contribution >= 4 is 11.7 Å². The van der Waals surface area contributed by atoms with Gasteiger partial charge in [-0.25, -0.2) is 0 Å². The zero-order valence-electron chi connectivity index (χ0n) is 14.4. The molecule has 0 N–H and O–H groups in total. The van der Waals surface area contributed by atoms with Gasteiger partial charge in [0, 0.05) is 17.5 Å². The molecule has 0 heterocycles. The van der Waals surface area contributed by atoms with E-state index in [1.807, 2.05) is 36.4 Å². The number of nitrogens with zero attached hydrogens (tertiary/aromatic N) is 1. The summed E-state index contributed by atoms with van der Waals surface area (Å²) in [5.41, 5.74) is 4.66. The molecule has 0 amide bonds. The number of esters is 1. The van der Waals surface area contributed by atoms with Gasteiger partial charge in [-0.3, -0.25) is 14.9 Å². The standard InChI is InChI=1S/C22H16NO4/c24-22(13-15-7-1-6-12-21(15)23(25)26)27-14-20-18-10-4-2-8-16(18)17-9-3-5-11-19(17)20/h1-13,20H,14H2. The second-order valence-corrected chi connectivity index (χ2v) is 6.32. The monoisotopic (exact) mass is 358 g/mol. The van der Waals surface area contributed by atoms with Crippen LogP contribution in [-0.4, -0.2) is 17.5 Å². The van der Waals surface area contributed by atoms with Gasteiger partial charge in [0.1, 0.15) is 13.0 Å². The summed E-state index contributed by atoms with van der Waals surface area (Å²) in [5.74, 6) is -0.633. The van der Waals surface area contributed by atoms with E-state index in [1.165, 1.54) is 18.6 Å². The molecule has 0 atom stereocenters. The molecule has 0 unspecified atom stereocenters. The lowest BCUT2D eigenvalue weighted by molar-refractivity contribution is -0.385. The van der Waals surface area contributed by atoms with Crippen LogP contribution in [0.4, 0.5) is 5.69 Å². The molecular formula is C22H16NO4. The molecule has 0 aliphatic heterocycles. The maximum absolute atomic E-state index is 12.3. The van der Waals surface area contributed by atoms with E-state index in [4.69, 9.17) is 4.74 Å². The first kappa shape index (κ1) is 17.0. The van der Waals surface area contributed by atoms with Crippen LogP contribution in [0.5, 0.6) is 0 Å². The Kier molecular flexibility index (Phi) is 4.42. The summed E-state index contributed by atoms with van der Waals surface area (Å²) in [6.45, 7) is 0.185. The molecule has 0 saturated carbocycles. The Morgan fingerprint density at radius 3 is 2.11 bits per heavy atom. The Morgan fingerprint density at radius 2 is 1.48 bits per heavy atom. The lowest BCUT2D eigenvalue weighted by atomic mass is 9.98. The molecule has 5 heteroatoms. The molecule has 3 aromatic rings. The first-order valence-electron chi connectivity index (χ1n) is 8.58. The zero-order chi connectivity index (χ0) is 18.8. The lowest BCUT2D eigenvalue weighted by Gasteiger charge is -2.14. The molecule has 1 radical (unpaired) electrons. The summed E-state index contributed by atoms with van der Waals surface area (Å²) in [6, 6.07) is 22.2. The smallest absolute Gasteiger partial charge is 0.314 e. The Hall–Kier alpha value is -3.47. The molecule has 0 bridgehead atoms. The molecule has 0 aromatic heterocycles. The second kappa shape index (κ2) is 7.03. The molecule has 1 aliphatic carbocycles. The van der Waals surface area contributed by atoms with Crippen LogP contribution in [-0.2, 0) is 9.53 Å². The van der Waals surface area contributed by atoms with Gasteiger partial charge in [0.05, 0.1) is 4.92 Å². The Balaban J connectivity index is 1.51. The second-order valence-electron chi connectivity index (χ2n) is 6.32.